The molecule has 1 aliphatic heterocycles. The van der Waals surface area contributed by atoms with Gasteiger partial charge in [-0.3, -0.25) is 4.79 Å². The Kier molecular flexibility index (Phi) is 8.44. The smallest absolute Gasteiger partial charge is 0.254 e. The Balaban J connectivity index is 1.74. The van der Waals surface area contributed by atoms with Crippen LogP contribution in [-0.4, -0.2) is 67.5 Å². The van der Waals surface area contributed by atoms with Gasteiger partial charge in [0.05, 0.1) is 30.3 Å². The zero-order valence-electron chi connectivity index (χ0n) is 21.4. The number of rotatable bonds is 6. The Bertz CT molecular complexity index is 1330. The highest BCUT2D eigenvalue weighted by molar-refractivity contribution is 7.89. The molecule has 0 saturated heterocycles. The number of benzene rings is 3. The zero-order valence-corrected chi connectivity index (χ0v) is 22.3. The van der Waals surface area contributed by atoms with E-state index in [1.807, 2.05) is 62.4 Å². The minimum atomic E-state index is -3.72. The van der Waals surface area contributed by atoms with Crippen LogP contribution in [0.4, 0.5) is 0 Å². The van der Waals surface area contributed by atoms with Gasteiger partial charge in [-0.05, 0) is 41.8 Å². The van der Waals surface area contributed by atoms with Gasteiger partial charge >= 0.3 is 0 Å². The van der Waals surface area contributed by atoms with Crippen molar-refractivity contribution in [1.82, 2.24) is 9.21 Å². The second kappa shape index (κ2) is 11.6. The lowest BCUT2D eigenvalue weighted by Crippen LogP contribution is -2.47. The molecule has 37 heavy (non-hydrogen) atoms. The number of carbonyl (C=O) groups is 1. The molecule has 1 N–H and O–H groups in total. The number of amides is 1. The van der Waals surface area contributed by atoms with Gasteiger partial charge in [-0.15, -0.1) is 0 Å². The van der Waals surface area contributed by atoms with Crippen LogP contribution in [0.15, 0.2) is 83.8 Å². The summed E-state index contributed by atoms with van der Waals surface area (Å²) < 4.78 is 34.2. The molecule has 8 heteroatoms. The third-order valence-electron chi connectivity index (χ3n) is 6.98. The van der Waals surface area contributed by atoms with Crippen LogP contribution in [0.2, 0.25) is 0 Å². The minimum Gasteiger partial charge on any atom is -0.394 e. The van der Waals surface area contributed by atoms with Crippen LogP contribution < -0.4 is 0 Å². The molecule has 0 fully saturated rings. The number of carbonyl (C=O) groups excluding carboxylic acids is 1. The molecule has 3 atom stereocenters. The number of fused-ring (bicyclic) bond motifs is 3. The quantitative estimate of drug-likeness (QED) is 0.528. The lowest BCUT2D eigenvalue weighted by Gasteiger charge is -2.35. The van der Waals surface area contributed by atoms with Crippen LogP contribution in [0, 0.1) is 5.92 Å². The SMILES string of the molecule is C[C@H]1CN([C@@H](C)CO)C(=O)c2ccccc2-c2ccccc2CO[C@H]1CN(C)S(=O)(=O)c1ccccc1. The third kappa shape index (κ3) is 5.78. The molecule has 7 nitrogen and oxygen atoms in total. The summed E-state index contributed by atoms with van der Waals surface area (Å²) in [5.41, 5.74) is 3.17. The monoisotopic (exact) mass is 522 g/mol. The van der Waals surface area contributed by atoms with E-state index in [1.54, 1.807) is 42.3 Å². The van der Waals surface area contributed by atoms with Crippen molar-refractivity contribution in [1.29, 1.82) is 0 Å². The van der Waals surface area contributed by atoms with Crippen LogP contribution in [0.3, 0.4) is 0 Å². The molecule has 0 aliphatic carbocycles. The van der Waals surface area contributed by atoms with E-state index in [9.17, 15) is 18.3 Å². The Morgan fingerprint density at radius 3 is 2.24 bits per heavy atom. The van der Waals surface area contributed by atoms with Gasteiger partial charge in [-0.25, -0.2) is 8.42 Å². The molecule has 1 amide bonds. The average molecular weight is 523 g/mol. The highest BCUT2D eigenvalue weighted by Crippen LogP contribution is 2.31. The van der Waals surface area contributed by atoms with Crippen molar-refractivity contribution in [2.24, 2.45) is 5.92 Å². The fourth-order valence-electron chi connectivity index (χ4n) is 4.68. The van der Waals surface area contributed by atoms with Crippen LogP contribution >= 0.6 is 0 Å². The average Bonchev–Trinajstić information content (AvgIpc) is 2.94. The lowest BCUT2D eigenvalue weighted by molar-refractivity contribution is -0.0146. The second-order valence-electron chi connectivity index (χ2n) is 9.62. The molecule has 0 radical (unpaired) electrons. The van der Waals surface area contributed by atoms with Gasteiger partial charge < -0.3 is 14.7 Å². The maximum Gasteiger partial charge on any atom is 0.254 e. The summed E-state index contributed by atoms with van der Waals surface area (Å²) in [7, 11) is -2.17. The van der Waals surface area contributed by atoms with E-state index in [0.717, 1.165) is 16.7 Å². The standard InChI is InChI=1S/C29H34N2O5S/c1-21-17-31(22(2)19-32)29(33)27-16-10-9-15-26(27)25-14-8-7-11-23(25)20-36-28(21)18-30(3)37(34,35)24-12-5-4-6-13-24/h4-16,21-22,28,32H,17-20H2,1-3H3/t21-,22-,28-/m0/s1. The number of aliphatic hydroxyl groups excluding tert-OH is 1. The number of sulfonamides is 1. The number of nitrogens with zero attached hydrogens (tertiary/aromatic N) is 2. The van der Waals surface area contributed by atoms with E-state index in [1.165, 1.54) is 4.31 Å². The first kappa shape index (κ1) is 27.0. The van der Waals surface area contributed by atoms with Crippen molar-refractivity contribution in [3.8, 4) is 11.1 Å². The Hall–Kier alpha value is -3.04. The molecule has 1 heterocycles. The molecule has 0 spiro atoms. The first-order valence-electron chi connectivity index (χ1n) is 12.5. The van der Waals surface area contributed by atoms with Crippen LogP contribution in [0.25, 0.3) is 11.1 Å². The van der Waals surface area contributed by atoms with E-state index in [2.05, 4.69) is 0 Å². The van der Waals surface area contributed by atoms with E-state index in [0.29, 0.717) is 12.1 Å². The fourth-order valence-corrected chi connectivity index (χ4v) is 5.88. The predicted molar refractivity (Wildman–Crippen MR) is 143 cm³/mol. The van der Waals surface area contributed by atoms with Gasteiger partial charge in [0.25, 0.3) is 5.91 Å². The Morgan fingerprint density at radius 1 is 0.973 bits per heavy atom. The number of aliphatic hydroxyl groups is 1. The van der Waals surface area contributed by atoms with Crippen molar-refractivity contribution in [3.63, 3.8) is 0 Å². The third-order valence-corrected chi connectivity index (χ3v) is 8.82. The van der Waals surface area contributed by atoms with E-state index in [-0.39, 0.29) is 36.5 Å². The minimum absolute atomic E-state index is 0.114. The van der Waals surface area contributed by atoms with Gasteiger partial charge in [0.15, 0.2) is 0 Å². The van der Waals surface area contributed by atoms with Crippen molar-refractivity contribution < 1.29 is 23.1 Å². The summed E-state index contributed by atoms with van der Waals surface area (Å²) in [6, 6.07) is 23.2. The Labute approximate surface area is 219 Å². The maximum atomic E-state index is 13.9. The molecule has 0 saturated carbocycles. The summed E-state index contributed by atoms with van der Waals surface area (Å²) in [6.45, 7) is 4.25. The topological polar surface area (TPSA) is 87.2 Å². The molecule has 0 unspecified atom stereocenters. The van der Waals surface area contributed by atoms with Crippen LogP contribution in [-0.2, 0) is 21.4 Å². The van der Waals surface area contributed by atoms with Gasteiger partial charge in [-0.2, -0.15) is 4.31 Å². The van der Waals surface area contributed by atoms with Crippen molar-refractivity contribution in [3.05, 3.63) is 90.0 Å². The molecule has 3 aromatic carbocycles. The highest BCUT2D eigenvalue weighted by Gasteiger charge is 2.32. The normalized spacial score (nSPS) is 19.6. The molecule has 0 bridgehead atoms. The zero-order chi connectivity index (χ0) is 26.6. The van der Waals surface area contributed by atoms with E-state index >= 15 is 0 Å². The summed E-state index contributed by atoms with van der Waals surface area (Å²) in [5, 5.41) is 9.97. The predicted octanol–water partition coefficient (Wildman–Crippen LogP) is 4.03. The first-order valence-corrected chi connectivity index (χ1v) is 13.9. The lowest BCUT2D eigenvalue weighted by atomic mass is 9.94. The molecule has 3 aromatic rings. The molecule has 196 valence electrons. The van der Waals surface area contributed by atoms with Crippen molar-refractivity contribution in [2.45, 2.75) is 37.5 Å². The molecular weight excluding hydrogens is 488 g/mol. The van der Waals surface area contributed by atoms with Gasteiger partial charge in [-0.1, -0.05) is 67.6 Å². The number of hydrogen-bond donors (Lipinski definition) is 1. The van der Waals surface area contributed by atoms with Crippen LogP contribution in [0.1, 0.15) is 29.8 Å². The van der Waals surface area contributed by atoms with E-state index < -0.39 is 22.2 Å². The molecular formula is C29H34N2O5S. The summed E-state index contributed by atoms with van der Waals surface area (Å²) >= 11 is 0. The number of ether oxygens (including phenoxy) is 1. The number of likely N-dealkylation sites (N-methyl/N-ethyl adjacent to an activating group) is 1. The van der Waals surface area contributed by atoms with Crippen molar-refractivity contribution in [2.75, 3.05) is 26.7 Å². The fraction of sp³-hybridized carbons (Fsp3) is 0.345. The number of hydrogen-bond acceptors (Lipinski definition) is 5. The summed E-state index contributed by atoms with van der Waals surface area (Å²) in [5.74, 6) is -0.395. The van der Waals surface area contributed by atoms with Crippen molar-refractivity contribution >= 4 is 15.9 Å². The largest absolute Gasteiger partial charge is 0.394 e. The molecule has 0 aromatic heterocycles. The maximum absolute atomic E-state index is 13.9. The molecule has 4 rings (SSSR count). The van der Waals surface area contributed by atoms with E-state index in [4.69, 9.17) is 4.74 Å². The van der Waals surface area contributed by atoms with Crippen LogP contribution in [0.5, 0.6) is 0 Å². The first-order chi connectivity index (χ1) is 17.7. The van der Waals surface area contributed by atoms with Gasteiger partial charge in [0.1, 0.15) is 0 Å². The summed E-state index contributed by atoms with van der Waals surface area (Å²) in [6.07, 6.45) is -0.501. The highest BCUT2D eigenvalue weighted by atomic mass is 32.2. The second-order valence-corrected chi connectivity index (χ2v) is 11.7. The van der Waals surface area contributed by atoms with Gasteiger partial charge in [0.2, 0.25) is 10.0 Å². The summed E-state index contributed by atoms with van der Waals surface area (Å²) in [4.78, 5) is 15.7. The van der Waals surface area contributed by atoms with Gasteiger partial charge in [0, 0.05) is 31.6 Å². The molecule has 1 aliphatic rings. The Morgan fingerprint density at radius 2 is 1.57 bits per heavy atom.